The van der Waals surface area contributed by atoms with Crippen LogP contribution in [-0.4, -0.2) is 15.9 Å². The molecule has 4 aromatic rings. The van der Waals surface area contributed by atoms with E-state index < -0.39 is 17.6 Å². The molecule has 1 amide bonds. The number of nitrogens with zero attached hydrogens (tertiary/aromatic N) is 2. The van der Waals surface area contributed by atoms with E-state index in [1.807, 2.05) is 0 Å². The van der Waals surface area contributed by atoms with E-state index >= 15 is 0 Å². The van der Waals surface area contributed by atoms with Crippen molar-refractivity contribution in [1.82, 2.24) is 9.97 Å². The van der Waals surface area contributed by atoms with E-state index in [1.165, 1.54) is 23.5 Å². The summed E-state index contributed by atoms with van der Waals surface area (Å²) in [6, 6.07) is 9.47. The first-order valence-electron chi connectivity index (χ1n) is 7.70. The van der Waals surface area contributed by atoms with Crippen molar-refractivity contribution in [2.75, 3.05) is 5.32 Å². The van der Waals surface area contributed by atoms with Gasteiger partial charge in [0.15, 0.2) is 10.7 Å². The summed E-state index contributed by atoms with van der Waals surface area (Å²) >= 11 is 1.26. The Labute approximate surface area is 154 Å². The minimum absolute atomic E-state index is 0.00518. The fraction of sp³-hybridized carbons (Fsp3) is 0.0556. The van der Waals surface area contributed by atoms with Gasteiger partial charge >= 0.3 is 6.18 Å². The maximum atomic E-state index is 12.9. The third-order valence-corrected chi connectivity index (χ3v) is 4.44. The van der Waals surface area contributed by atoms with Crippen molar-refractivity contribution < 1.29 is 22.4 Å². The highest BCUT2D eigenvalue weighted by molar-refractivity contribution is 7.13. The molecule has 0 spiro atoms. The van der Waals surface area contributed by atoms with Gasteiger partial charge in [0.05, 0.1) is 11.1 Å². The number of carbonyl (C=O) groups is 1. The maximum Gasteiger partial charge on any atom is 0.416 e. The van der Waals surface area contributed by atoms with Gasteiger partial charge in [0, 0.05) is 17.1 Å². The molecule has 0 aliphatic heterocycles. The van der Waals surface area contributed by atoms with Gasteiger partial charge in [-0.15, -0.1) is 11.3 Å². The van der Waals surface area contributed by atoms with Gasteiger partial charge in [0.25, 0.3) is 5.91 Å². The Morgan fingerprint density at radius 2 is 1.96 bits per heavy atom. The Morgan fingerprint density at radius 3 is 2.70 bits per heavy atom. The molecule has 2 heterocycles. The smallest absolute Gasteiger partial charge is 0.416 e. The molecule has 0 radical (unpaired) electrons. The average molecular weight is 389 g/mol. The van der Waals surface area contributed by atoms with Gasteiger partial charge in [0.1, 0.15) is 5.52 Å². The zero-order valence-corrected chi connectivity index (χ0v) is 14.3. The van der Waals surface area contributed by atoms with Crippen molar-refractivity contribution in [1.29, 1.82) is 0 Å². The summed E-state index contributed by atoms with van der Waals surface area (Å²) < 4.78 is 44.4. The van der Waals surface area contributed by atoms with E-state index in [4.69, 9.17) is 4.42 Å². The average Bonchev–Trinajstić information content (AvgIpc) is 3.30. The number of nitrogens with one attached hydrogen (secondary N) is 1. The fourth-order valence-corrected chi connectivity index (χ4v) is 3.05. The van der Waals surface area contributed by atoms with Crippen molar-refractivity contribution in [3.63, 3.8) is 0 Å². The number of rotatable bonds is 3. The van der Waals surface area contributed by atoms with E-state index in [1.54, 1.807) is 29.8 Å². The first-order valence-corrected chi connectivity index (χ1v) is 8.58. The van der Waals surface area contributed by atoms with Crippen LogP contribution in [-0.2, 0) is 6.18 Å². The molecule has 0 bridgehead atoms. The molecule has 0 aliphatic carbocycles. The van der Waals surface area contributed by atoms with Crippen molar-refractivity contribution in [2.24, 2.45) is 0 Å². The Hall–Kier alpha value is -3.20. The molecule has 0 fully saturated rings. The monoisotopic (exact) mass is 389 g/mol. The summed E-state index contributed by atoms with van der Waals surface area (Å²) in [5, 5.41) is 4.78. The number of halogens is 3. The minimum Gasteiger partial charge on any atom is -0.435 e. The predicted molar refractivity (Wildman–Crippen MR) is 94.5 cm³/mol. The van der Waals surface area contributed by atoms with Crippen LogP contribution in [0.15, 0.2) is 58.5 Å². The SMILES string of the molecule is O=C(Nc1nccs1)c1cccc2nc(-c3cccc(C(F)(F)F)c3)oc12. The number of anilines is 1. The summed E-state index contributed by atoms with van der Waals surface area (Å²) in [5.74, 6) is -0.437. The molecule has 136 valence electrons. The number of oxazole rings is 1. The normalized spacial score (nSPS) is 11.7. The highest BCUT2D eigenvalue weighted by atomic mass is 32.1. The largest absolute Gasteiger partial charge is 0.435 e. The summed E-state index contributed by atoms with van der Waals surface area (Å²) in [6.45, 7) is 0. The molecular formula is C18H10F3N3O2S. The van der Waals surface area contributed by atoms with Gasteiger partial charge in [-0.05, 0) is 30.3 Å². The van der Waals surface area contributed by atoms with Crippen LogP contribution in [0.1, 0.15) is 15.9 Å². The first kappa shape index (κ1) is 17.2. The molecule has 2 aromatic heterocycles. The van der Waals surface area contributed by atoms with Gasteiger partial charge in [-0.25, -0.2) is 9.97 Å². The van der Waals surface area contributed by atoms with Gasteiger partial charge in [-0.1, -0.05) is 12.1 Å². The summed E-state index contributed by atoms with van der Waals surface area (Å²) in [6.07, 6.45) is -2.91. The van der Waals surface area contributed by atoms with Crippen molar-refractivity contribution in [3.8, 4) is 11.5 Å². The van der Waals surface area contributed by atoms with E-state index in [0.29, 0.717) is 10.6 Å². The second-order valence-electron chi connectivity index (χ2n) is 5.54. The van der Waals surface area contributed by atoms with Crippen LogP contribution in [0, 0.1) is 0 Å². The van der Waals surface area contributed by atoms with Crippen LogP contribution in [0.25, 0.3) is 22.6 Å². The minimum atomic E-state index is -4.47. The van der Waals surface area contributed by atoms with E-state index in [2.05, 4.69) is 15.3 Å². The molecule has 0 saturated heterocycles. The summed E-state index contributed by atoms with van der Waals surface area (Å²) in [5.41, 5.74) is 0.151. The molecular weight excluding hydrogens is 379 g/mol. The molecule has 27 heavy (non-hydrogen) atoms. The second kappa shape index (κ2) is 6.51. The number of aromatic nitrogens is 2. The highest BCUT2D eigenvalue weighted by Crippen LogP contribution is 2.33. The standard InChI is InChI=1S/C18H10F3N3O2S/c19-18(20,21)11-4-1-3-10(9-11)16-23-13-6-2-5-12(14(13)26-16)15(25)24-17-22-7-8-27-17/h1-9H,(H,22,24,25). The Morgan fingerprint density at radius 1 is 1.15 bits per heavy atom. The van der Waals surface area contributed by atoms with Gasteiger partial charge in [-0.3, -0.25) is 10.1 Å². The number of thiazole rings is 1. The number of hydrogen-bond acceptors (Lipinski definition) is 5. The van der Waals surface area contributed by atoms with Crippen LogP contribution < -0.4 is 5.32 Å². The molecule has 2 aromatic carbocycles. The molecule has 9 heteroatoms. The number of amides is 1. The number of hydrogen-bond donors (Lipinski definition) is 1. The number of fused-ring (bicyclic) bond motifs is 1. The first-order chi connectivity index (χ1) is 12.9. The molecule has 0 unspecified atom stereocenters. The predicted octanol–water partition coefficient (Wildman–Crippen LogP) is 5.22. The topological polar surface area (TPSA) is 68.0 Å². The summed E-state index contributed by atoms with van der Waals surface area (Å²) in [7, 11) is 0. The lowest BCUT2D eigenvalue weighted by Crippen LogP contribution is -2.11. The van der Waals surface area contributed by atoms with Crippen LogP contribution in [0.3, 0.4) is 0 Å². The molecule has 0 atom stereocenters. The number of alkyl halides is 3. The van der Waals surface area contributed by atoms with Crippen molar-refractivity contribution in [3.05, 3.63) is 65.2 Å². The van der Waals surface area contributed by atoms with Gasteiger partial charge in [0.2, 0.25) is 5.89 Å². The number of benzene rings is 2. The maximum absolute atomic E-state index is 12.9. The highest BCUT2D eigenvalue weighted by Gasteiger charge is 2.31. The molecule has 5 nitrogen and oxygen atoms in total. The Kier molecular flexibility index (Phi) is 4.15. The van der Waals surface area contributed by atoms with Crippen LogP contribution in [0.5, 0.6) is 0 Å². The van der Waals surface area contributed by atoms with E-state index in [0.717, 1.165) is 12.1 Å². The molecule has 0 aliphatic rings. The summed E-state index contributed by atoms with van der Waals surface area (Å²) in [4.78, 5) is 20.7. The molecule has 0 saturated carbocycles. The van der Waals surface area contributed by atoms with Gasteiger partial charge in [-0.2, -0.15) is 13.2 Å². The lowest BCUT2D eigenvalue weighted by atomic mass is 10.1. The Bertz CT molecular complexity index is 1120. The van der Waals surface area contributed by atoms with Crippen LogP contribution in [0.4, 0.5) is 18.3 Å². The molecule has 1 N–H and O–H groups in total. The fourth-order valence-electron chi connectivity index (χ4n) is 2.53. The molecule has 4 rings (SSSR count). The van der Waals surface area contributed by atoms with E-state index in [-0.39, 0.29) is 22.6 Å². The number of carbonyl (C=O) groups excluding carboxylic acids is 1. The quantitative estimate of drug-likeness (QED) is 0.521. The zero-order chi connectivity index (χ0) is 19.0. The zero-order valence-electron chi connectivity index (χ0n) is 13.4. The third kappa shape index (κ3) is 3.41. The van der Waals surface area contributed by atoms with Crippen LogP contribution in [0.2, 0.25) is 0 Å². The second-order valence-corrected chi connectivity index (χ2v) is 6.44. The van der Waals surface area contributed by atoms with Crippen molar-refractivity contribution in [2.45, 2.75) is 6.18 Å². The Balaban J connectivity index is 1.74. The number of para-hydroxylation sites is 1. The lowest BCUT2D eigenvalue weighted by molar-refractivity contribution is -0.137. The lowest BCUT2D eigenvalue weighted by Gasteiger charge is -2.06. The van der Waals surface area contributed by atoms with E-state index in [9.17, 15) is 18.0 Å². The third-order valence-electron chi connectivity index (χ3n) is 3.75. The van der Waals surface area contributed by atoms with Crippen LogP contribution >= 0.6 is 11.3 Å². The van der Waals surface area contributed by atoms with Gasteiger partial charge < -0.3 is 4.42 Å². The van der Waals surface area contributed by atoms with Crippen molar-refractivity contribution >= 4 is 33.5 Å².